The number of sulfone groups is 2. The maximum absolute atomic E-state index is 13.2. The van der Waals surface area contributed by atoms with Crippen LogP contribution in [0.25, 0.3) is 0 Å². The van der Waals surface area contributed by atoms with Crippen molar-refractivity contribution in [2.24, 2.45) is 40.4 Å². The summed E-state index contributed by atoms with van der Waals surface area (Å²) in [6.07, 6.45) is -1.21. The van der Waals surface area contributed by atoms with E-state index < -0.39 is 75.2 Å². The van der Waals surface area contributed by atoms with Crippen molar-refractivity contribution in [2.75, 3.05) is 32.3 Å². The largest absolute Gasteiger partial charge is 0.493 e. The van der Waals surface area contributed by atoms with Crippen LogP contribution in [0.15, 0.2) is 184 Å². The van der Waals surface area contributed by atoms with Gasteiger partial charge < -0.3 is 28.7 Å². The fourth-order valence-electron chi connectivity index (χ4n) is 13.4. The summed E-state index contributed by atoms with van der Waals surface area (Å²) in [5, 5.41) is 46.1. The van der Waals surface area contributed by atoms with Crippen LogP contribution in [-0.2, 0) is 76.0 Å². The Kier molecular flexibility index (Phi) is 32.4. The van der Waals surface area contributed by atoms with Crippen molar-refractivity contribution in [3.63, 3.8) is 0 Å². The third-order valence-corrected chi connectivity index (χ3v) is 25.7. The van der Waals surface area contributed by atoms with Gasteiger partial charge in [0.15, 0.2) is 50.2 Å². The smallest absolute Gasteiger partial charge is 0.416 e. The fraction of sp³-hybridized carbons (Fsp3) is 0.220. The molecule has 0 radical (unpaired) electrons. The average Bonchev–Trinajstić information content (AvgIpc) is 1.46. The third kappa shape index (κ3) is 23.7. The lowest BCUT2D eigenvalue weighted by Crippen LogP contribution is -2.15. The van der Waals surface area contributed by atoms with Gasteiger partial charge in [0.05, 0.1) is 65.1 Å². The number of hydrogen-bond donors (Lipinski definition) is 2. The molecule has 0 amide bonds. The van der Waals surface area contributed by atoms with Crippen molar-refractivity contribution in [3.05, 3.63) is 317 Å². The summed E-state index contributed by atoms with van der Waals surface area (Å²) >= 11 is 36.5. The first-order chi connectivity index (χ1) is 62.2. The lowest BCUT2D eigenvalue weighted by molar-refractivity contribution is -0.137. The van der Waals surface area contributed by atoms with Crippen LogP contribution in [0.4, 0.5) is 13.2 Å². The minimum atomic E-state index is -4.76. The molecule has 30 nitrogen and oxygen atoms in total. The van der Waals surface area contributed by atoms with Gasteiger partial charge in [-0.1, -0.05) is 153 Å². The molecule has 133 heavy (non-hydrogen) atoms. The van der Waals surface area contributed by atoms with Crippen LogP contribution >= 0.6 is 69.6 Å². The topological polar surface area (TPSA) is 401 Å². The van der Waals surface area contributed by atoms with Crippen molar-refractivity contribution in [3.8, 4) is 29.4 Å². The van der Waals surface area contributed by atoms with Gasteiger partial charge in [0.2, 0.25) is 52.5 Å². The molecule has 42 heteroatoms. The number of Topliss-reactive ketones (excluding diaryl/α,β-unsaturated/α-hetero) is 2. The van der Waals surface area contributed by atoms with Gasteiger partial charge in [-0.15, -0.1) is 0 Å². The Morgan fingerprint density at radius 3 is 1.33 bits per heavy atom. The highest BCUT2D eigenvalue weighted by molar-refractivity contribution is 7.91. The van der Waals surface area contributed by atoms with Crippen LogP contribution in [0.3, 0.4) is 0 Å². The molecule has 0 unspecified atom stereocenters. The molecule has 13 aromatic rings. The van der Waals surface area contributed by atoms with E-state index in [0.29, 0.717) is 103 Å². The van der Waals surface area contributed by atoms with Crippen molar-refractivity contribution >= 4 is 146 Å². The number of aryl methyl sites for hydroxylation is 11. The fourth-order valence-corrected chi connectivity index (χ4v) is 17.7. The Balaban J connectivity index is 0.000000173. The van der Waals surface area contributed by atoms with Crippen molar-refractivity contribution in [2.45, 2.75) is 82.7 Å². The SMILES string of the molecule is Cc1c(C(=O)c2cnn(C)c2O)ccc(S(C)(=O)=O)c1C1=NOCC1.Cc1ccc(C(=O)COc2c(C(=O)c3ccc(Cl)c(C)c3Cl)c(C)nn2C)cc1.Cc1ccc(S(=O)(=O)Oc2c(C(=O)c3ccc(Cl)cc3Cl)c(C)nn2C)cc1.Cc1nn(C)c(O)c1C(=O)c1ccc(C(F)(F)F)cc1S(C)(=O)=O.Cc1nn(C)c(OCC(=O)c2ccccc2)c1C(=O)c1ccc(Cl)cc1Cl. The molecule has 1 aliphatic heterocycles. The van der Waals surface area contributed by atoms with Gasteiger partial charge in [0.1, 0.15) is 39.3 Å². The van der Waals surface area contributed by atoms with Crippen molar-refractivity contribution in [1.29, 1.82) is 0 Å². The van der Waals surface area contributed by atoms with Gasteiger partial charge in [0.25, 0.3) is 0 Å². The van der Waals surface area contributed by atoms with E-state index in [0.717, 1.165) is 28.1 Å². The molecule has 8 aromatic carbocycles. The molecular formula is C91H82Cl6F3N11O19S3. The standard InChI is InChI=1S/C22H20Cl2N2O3.C20H16Cl2N2O3.C19H16Cl2N2O4S.C16H17N3O5S.C14H13F3N2O4S/c1-12-5-7-15(8-6-12)18(27)11-29-22-19(14(3)25-26(22)4)21(28)16-9-10-17(23)13(2)20(16)24;1-12-18(19(26)15-9-8-14(21)10-16(15)22)20(24(2)23-12)27-11-17(25)13-6-4-3-5-7-13;1-11-4-7-14(8-5-11)28(25,26)27-19-17(12(2)22-23(19)3)18(24)15-9-6-13(20)10-16(15)21;1-9-10(15(20)11-8-17-19(2)16(11)21)4-5-13(25(3,22)23)14(9)12-6-7-24-18-12;1-7-11(13(21)19(2)18-7)12(20)9-5-4-8(14(15,16)17)6-10(9)24(3,22)23/h5-10H,11H2,1-4H3;3-10H,11H2,1-2H3;4-10H,1-3H3;4-5,8,21H,6-7H2,1-3H3;4-6,21H,1-3H3. The van der Waals surface area contributed by atoms with E-state index in [1.54, 1.807) is 122 Å². The molecule has 0 fully saturated rings. The second-order valence-electron chi connectivity index (χ2n) is 30.0. The maximum Gasteiger partial charge on any atom is 0.416 e. The molecule has 5 aromatic heterocycles. The summed E-state index contributed by atoms with van der Waals surface area (Å²) in [6.45, 7) is 13.5. The van der Waals surface area contributed by atoms with E-state index in [4.69, 9.17) is 88.1 Å². The van der Waals surface area contributed by atoms with Gasteiger partial charge in [-0.3, -0.25) is 33.6 Å². The summed E-state index contributed by atoms with van der Waals surface area (Å²) in [7, 11) is -4.12. The molecule has 0 spiro atoms. The predicted octanol–water partition coefficient (Wildman–Crippen LogP) is 17.3. The number of hydrogen-bond acceptors (Lipinski definition) is 25. The number of carbonyl (C=O) groups is 7. The molecule has 2 N–H and O–H groups in total. The Bertz CT molecular complexity index is 7200. The van der Waals surface area contributed by atoms with Crippen LogP contribution in [-0.4, -0.2) is 163 Å². The number of aromatic nitrogens is 10. The Morgan fingerprint density at radius 1 is 0.444 bits per heavy atom. The van der Waals surface area contributed by atoms with Crippen LogP contribution in [0.1, 0.15) is 163 Å². The summed E-state index contributed by atoms with van der Waals surface area (Å²) in [6, 6.07) is 39.1. The first kappa shape index (κ1) is 102. The van der Waals surface area contributed by atoms with E-state index in [1.165, 1.54) is 102 Å². The second kappa shape index (κ2) is 42.1. The van der Waals surface area contributed by atoms with E-state index in [9.17, 15) is 82.2 Å². The zero-order valence-electron chi connectivity index (χ0n) is 73.3. The normalized spacial score (nSPS) is 11.9. The quantitative estimate of drug-likeness (QED) is 0.0419. The minimum absolute atomic E-state index is 0.0161. The van der Waals surface area contributed by atoms with E-state index in [2.05, 4.69) is 30.6 Å². The Labute approximate surface area is 791 Å². The van der Waals surface area contributed by atoms with Crippen molar-refractivity contribution in [1.82, 2.24) is 48.9 Å². The summed E-state index contributed by atoms with van der Waals surface area (Å²) in [4.78, 5) is 93.7. The first-order valence-corrected chi connectivity index (χ1v) is 46.7. The number of halogens is 9. The van der Waals surface area contributed by atoms with Gasteiger partial charge in [-0.25, -0.2) is 40.2 Å². The van der Waals surface area contributed by atoms with Crippen LogP contribution in [0.2, 0.25) is 30.1 Å². The number of aromatic hydroxyl groups is 2. The molecule has 14 rings (SSSR count). The number of oxime groups is 1. The maximum atomic E-state index is 13.2. The second-order valence-corrected chi connectivity index (χ2v) is 38.0. The van der Waals surface area contributed by atoms with E-state index >= 15 is 0 Å². The highest BCUT2D eigenvalue weighted by Gasteiger charge is 2.37. The van der Waals surface area contributed by atoms with E-state index in [-0.39, 0.29) is 135 Å². The predicted molar refractivity (Wildman–Crippen MR) is 492 cm³/mol. The first-order valence-electron chi connectivity index (χ1n) is 39.3. The molecule has 6 heterocycles. The molecular weight excluding hydrogens is 1920 g/mol. The number of alkyl halides is 3. The highest BCUT2D eigenvalue weighted by atomic mass is 35.5. The molecule has 1 aliphatic rings. The molecule has 0 atom stereocenters. The number of rotatable bonds is 24. The average molecular weight is 2000 g/mol. The number of ketones is 7. The van der Waals surface area contributed by atoms with Gasteiger partial charge in [-0.05, 0) is 158 Å². The lowest BCUT2D eigenvalue weighted by Gasteiger charge is -2.14. The Morgan fingerprint density at radius 2 is 0.880 bits per heavy atom. The summed E-state index contributed by atoms with van der Waals surface area (Å²) in [5.41, 5.74) is 6.14. The van der Waals surface area contributed by atoms with E-state index in [1.807, 2.05) is 32.0 Å². The van der Waals surface area contributed by atoms with Gasteiger partial charge in [0, 0.05) is 114 Å². The third-order valence-electron chi connectivity index (χ3n) is 20.2. The molecule has 0 bridgehead atoms. The molecule has 696 valence electrons. The van der Waals surface area contributed by atoms with Crippen LogP contribution in [0, 0.1) is 55.4 Å². The summed E-state index contributed by atoms with van der Waals surface area (Å²) in [5.74, 6) is -3.45. The number of carbonyl (C=O) groups excluding carboxylic acids is 7. The van der Waals surface area contributed by atoms with Crippen molar-refractivity contribution < 1.29 is 101 Å². The summed E-state index contributed by atoms with van der Waals surface area (Å²) < 4.78 is 135. The van der Waals surface area contributed by atoms with Crippen LogP contribution in [0.5, 0.6) is 29.4 Å². The lowest BCUT2D eigenvalue weighted by atomic mass is 9.93. The minimum Gasteiger partial charge on any atom is -0.493 e. The highest BCUT2D eigenvalue weighted by Crippen LogP contribution is 2.39. The molecule has 0 aliphatic carbocycles. The van der Waals surface area contributed by atoms with Gasteiger partial charge in [-0.2, -0.15) is 47.1 Å². The monoisotopic (exact) mass is 2000 g/mol. The number of benzene rings is 8. The number of nitrogens with zero attached hydrogens (tertiary/aromatic N) is 11. The number of ether oxygens (including phenoxy) is 2. The molecule has 0 saturated heterocycles. The Hall–Kier alpha value is -12.7. The zero-order chi connectivity index (χ0) is 98.3. The molecule has 0 saturated carbocycles. The van der Waals surface area contributed by atoms with Crippen LogP contribution < -0.4 is 13.7 Å². The zero-order valence-corrected chi connectivity index (χ0v) is 80.3. The van der Waals surface area contributed by atoms with Gasteiger partial charge >= 0.3 is 16.3 Å².